The number of carboxylic acids is 2. The highest BCUT2D eigenvalue weighted by Crippen LogP contribution is 2.33. The smallest absolute Gasteiger partial charge is 0.414 e. The number of carbonyl (C=O) groups excluding carboxylic acids is 1. The molecule has 1 amide bonds. The standard InChI is InChI=1S/C18H21N3O2.C2H2O4/c22-17(12-21-8-10-23-11-9-21)20-18-13-4-1-2-6-15(13)19-16-7-3-5-14(16)18;3-1(4)2(5)6/h1-2,4,6H,3,5,7-12H2,(H,19,20,22);(H,3,4)(H,5,6). The maximum absolute atomic E-state index is 12.5. The van der Waals surface area contributed by atoms with E-state index in [1.165, 1.54) is 5.56 Å². The molecule has 1 aliphatic heterocycles. The zero-order valence-corrected chi connectivity index (χ0v) is 15.9. The number of aliphatic carboxylic acids is 2. The maximum atomic E-state index is 12.5. The third-order valence-corrected chi connectivity index (χ3v) is 4.84. The van der Waals surface area contributed by atoms with Crippen LogP contribution in [0.3, 0.4) is 0 Å². The van der Waals surface area contributed by atoms with Crippen LogP contribution < -0.4 is 5.32 Å². The Kier molecular flexibility index (Phi) is 6.73. The summed E-state index contributed by atoms with van der Waals surface area (Å²) in [5.74, 6) is -3.60. The summed E-state index contributed by atoms with van der Waals surface area (Å²) in [7, 11) is 0. The highest BCUT2D eigenvalue weighted by molar-refractivity contribution is 6.27. The summed E-state index contributed by atoms with van der Waals surface area (Å²) in [4.78, 5) is 37.6. The van der Waals surface area contributed by atoms with Gasteiger partial charge in [-0.2, -0.15) is 0 Å². The second kappa shape index (κ2) is 9.44. The van der Waals surface area contributed by atoms with Gasteiger partial charge in [0.05, 0.1) is 31.0 Å². The Hall–Kier alpha value is -3.04. The lowest BCUT2D eigenvalue weighted by Gasteiger charge is -2.26. The molecule has 0 spiro atoms. The van der Waals surface area contributed by atoms with Gasteiger partial charge in [0.1, 0.15) is 0 Å². The number of benzene rings is 1. The van der Waals surface area contributed by atoms with Crippen molar-refractivity contribution in [3.8, 4) is 0 Å². The predicted octanol–water partition coefficient (Wildman–Crippen LogP) is 1.15. The molecule has 9 nitrogen and oxygen atoms in total. The number of pyridine rings is 1. The first kappa shape index (κ1) is 20.7. The molecule has 2 heterocycles. The number of aromatic nitrogens is 1. The fourth-order valence-corrected chi connectivity index (χ4v) is 3.50. The van der Waals surface area contributed by atoms with Crippen LogP contribution in [0.15, 0.2) is 24.3 Å². The lowest BCUT2D eigenvalue weighted by Crippen LogP contribution is -2.41. The van der Waals surface area contributed by atoms with E-state index in [0.717, 1.165) is 54.6 Å². The number of nitrogens with zero attached hydrogens (tertiary/aromatic N) is 2. The molecule has 0 saturated carbocycles. The van der Waals surface area contributed by atoms with Crippen molar-refractivity contribution in [2.24, 2.45) is 0 Å². The van der Waals surface area contributed by atoms with E-state index in [0.29, 0.717) is 19.8 Å². The molecule has 1 aromatic heterocycles. The number of aryl methyl sites for hydroxylation is 1. The van der Waals surface area contributed by atoms with E-state index in [4.69, 9.17) is 29.5 Å². The van der Waals surface area contributed by atoms with Crippen molar-refractivity contribution in [1.82, 2.24) is 9.88 Å². The van der Waals surface area contributed by atoms with Crippen molar-refractivity contribution in [2.75, 3.05) is 38.2 Å². The SMILES string of the molecule is O=C(CN1CCOCC1)Nc1c2c(nc3ccccc13)CCC2.O=C(O)C(=O)O. The van der Waals surface area contributed by atoms with Crippen LogP contribution in [0.4, 0.5) is 5.69 Å². The molecule has 2 aliphatic rings. The molecule has 29 heavy (non-hydrogen) atoms. The number of carboxylic acid groups (broad SMARTS) is 2. The zero-order chi connectivity index (χ0) is 20.8. The molecule has 154 valence electrons. The Morgan fingerprint density at radius 2 is 1.76 bits per heavy atom. The van der Waals surface area contributed by atoms with E-state index in [1.807, 2.05) is 24.3 Å². The van der Waals surface area contributed by atoms with Crippen LogP contribution in [0.2, 0.25) is 0 Å². The summed E-state index contributed by atoms with van der Waals surface area (Å²) in [5.41, 5.74) is 4.31. The van der Waals surface area contributed by atoms with Gasteiger partial charge in [-0.15, -0.1) is 0 Å². The lowest BCUT2D eigenvalue weighted by atomic mass is 10.1. The van der Waals surface area contributed by atoms with Gasteiger partial charge in [0.25, 0.3) is 0 Å². The average Bonchev–Trinajstić information content (AvgIpc) is 3.17. The molecular formula is C20H23N3O6. The highest BCUT2D eigenvalue weighted by atomic mass is 16.5. The number of anilines is 1. The number of ether oxygens (including phenoxy) is 1. The second-order valence-corrected chi connectivity index (χ2v) is 6.83. The molecule has 2 aromatic rings. The Morgan fingerprint density at radius 1 is 1.07 bits per heavy atom. The molecule has 0 unspecified atom stereocenters. The number of fused-ring (bicyclic) bond motifs is 2. The molecule has 9 heteroatoms. The van der Waals surface area contributed by atoms with Gasteiger partial charge < -0.3 is 20.3 Å². The Balaban J connectivity index is 0.000000353. The quantitative estimate of drug-likeness (QED) is 0.653. The fourth-order valence-electron chi connectivity index (χ4n) is 3.50. The Morgan fingerprint density at radius 3 is 2.45 bits per heavy atom. The van der Waals surface area contributed by atoms with Gasteiger partial charge in [-0.25, -0.2) is 9.59 Å². The molecule has 1 aromatic carbocycles. The molecule has 1 aliphatic carbocycles. The number of hydrogen-bond donors (Lipinski definition) is 3. The summed E-state index contributed by atoms with van der Waals surface area (Å²) in [6.45, 7) is 3.49. The van der Waals surface area contributed by atoms with Gasteiger partial charge in [0, 0.05) is 24.2 Å². The molecule has 1 fully saturated rings. The van der Waals surface area contributed by atoms with Crippen molar-refractivity contribution < 1.29 is 29.3 Å². The highest BCUT2D eigenvalue weighted by Gasteiger charge is 2.22. The normalized spacial score (nSPS) is 15.9. The van der Waals surface area contributed by atoms with Crippen molar-refractivity contribution >= 4 is 34.4 Å². The van der Waals surface area contributed by atoms with Gasteiger partial charge >= 0.3 is 11.9 Å². The third kappa shape index (κ3) is 5.27. The minimum Gasteiger partial charge on any atom is -0.473 e. The van der Waals surface area contributed by atoms with E-state index in [2.05, 4.69) is 10.2 Å². The van der Waals surface area contributed by atoms with Crippen LogP contribution in [0.25, 0.3) is 10.9 Å². The van der Waals surface area contributed by atoms with E-state index in [1.54, 1.807) is 0 Å². The first-order chi connectivity index (χ1) is 14.0. The van der Waals surface area contributed by atoms with Gasteiger partial charge in [-0.3, -0.25) is 14.7 Å². The lowest BCUT2D eigenvalue weighted by molar-refractivity contribution is -0.159. The van der Waals surface area contributed by atoms with Crippen molar-refractivity contribution in [1.29, 1.82) is 0 Å². The Labute approximate surface area is 167 Å². The molecule has 0 atom stereocenters. The van der Waals surface area contributed by atoms with E-state index < -0.39 is 11.9 Å². The van der Waals surface area contributed by atoms with Crippen LogP contribution in [-0.4, -0.2) is 70.8 Å². The largest absolute Gasteiger partial charge is 0.473 e. The van der Waals surface area contributed by atoms with E-state index in [9.17, 15) is 4.79 Å². The monoisotopic (exact) mass is 401 g/mol. The van der Waals surface area contributed by atoms with Crippen molar-refractivity contribution in [3.05, 3.63) is 35.5 Å². The van der Waals surface area contributed by atoms with E-state index >= 15 is 0 Å². The summed E-state index contributed by atoms with van der Waals surface area (Å²) in [5, 5.41) is 19.0. The number of carbonyl (C=O) groups is 3. The summed E-state index contributed by atoms with van der Waals surface area (Å²) < 4.78 is 5.34. The maximum Gasteiger partial charge on any atom is 0.414 e. The molecule has 0 bridgehead atoms. The minimum atomic E-state index is -1.82. The zero-order valence-electron chi connectivity index (χ0n) is 15.9. The summed E-state index contributed by atoms with van der Waals surface area (Å²) in [6.07, 6.45) is 3.12. The molecule has 3 N–H and O–H groups in total. The molecule has 0 radical (unpaired) electrons. The number of para-hydroxylation sites is 1. The number of hydrogen-bond acceptors (Lipinski definition) is 6. The predicted molar refractivity (Wildman–Crippen MR) is 105 cm³/mol. The van der Waals surface area contributed by atoms with Gasteiger partial charge in [0.2, 0.25) is 5.91 Å². The van der Waals surface area contributed by atoms with Crippen LogP contribution in [-0.2, 0) is 32.0 Å². The summed E-state index contributed by atoms with van der Waals surface area (Å²) in [6, 6.07) is 8.07. The number of amides is 1. The fraction of sp³-hybridized carbons (Fsp3) is 0.400. The summed E-state index contributed by atoms with van der Waals surface area (Å²) >= 11 is 0. The van der Waals surface area contributed by atoms with Gasteiger partial charge in [-0.05, 0) is 30.9 Å². The first-order valence-corrected chi connectivity index (χ1v) is 9.42. The topological polar surface area (TPSA) is 129 Å². The first-order valence-electron chi connectivity index (χ1n) is 9.42. The van der Waals surface area contributed by atoms with Crippen LogP contribution in [0.5, 0.6) is 0 Å². The minimum absolute atomic E-state index is 0.0531. The molecular weight excluding hydrogens is 378 g/mol. The van der Waals surface area contributed by atoms with E-state index in [-0.39, 0.29) is 5.91 Å². The third-order valence-electron chi connectivity index (χ3n) is 4.84. The van der Waals surface area contributed by atoms with Crippen LogP contribution in [0, 0.1) is 0 Å². The Bertz CT molecular complexity index is 912. The van der Waals surface area contributed by atoms with Crippen molar-refractivity contribution in [2.45, 2.75) is 19.3 Å². The number of nitrogens with one attached hydrogen (secondary N) is 1. The second-order valence-electron chi connectivity index (χ2n) is 6.83. The average molecular weight is 401 g/mol. The van der Waals surface area contributed by atoms with Crippen molar-refractivity contribution in [3.63, 3.8) is 0 Å². The van der Waals surface area contributed by atoms with Crippen LogP contribution >= 0.6 is 0 Å². The van der Waals surface area contributed by atoms with Gasteiger partial charge in [-0.1, -0.05) is 18.2 Å². The number of morpholine rings is 1. The molecule has 1 saturated heterocycles. The van der Waals surface area contributed by atoms with Crippen LogP contribution in [0.1, 0.15) is 17.7 Å². The molecule has 4 rings (SSSR count). The van der Waals surface area contributed by atoms with Gasteiger partial charge in [0.15, 0.2) is 0 Å². The number of rotatable bonds is 3.